The molecule has 4 aliphatic rings. The lowest BCUT2D eigenvalue weighted by atomic mass is 9.52. The molecule has 0 aromatic heterocycles. The number of hydrogen-bond acceptors (Lipinski definition) is 3. The maximum absolute atomic E-state index is 12.4. The van der Waals surface area contributed by atoms with Crippen LogP contribution in [0.3, 0.4) is 0 Å². The third-order valence-electron chi connectivity index (χ3n) is 8.03. The van der Waals surface area contributed by atoms with Gasteiger partial charge in [0.25, 0.3) is 0 Å². The second-order valence-corrected chi connectivity index (χ2v) is 8.78. The third-order valence-corrected chi connectivity index (χ3v) is 8.03. The van der Waals surface area contributed by atoms with Crippen LogP contribution in [-0.4, -0.2) is 11.8 Å². The molecule has 3 heteroatoms. The molecule has 0 saturated heterocycles. The summed E-state index contributed by atoms with van der Waals surface area (Å²) < 4.78 is 0. The minimum Gasteiger partial charge on any atom is -0.299 e. The van der Waals surface area contributed by atoms with Crippen molar-refractivity contribution < 1.29 is 4.79 Å². The predicted octanol–water partition coefficient (Wildman–Crippen LogP) is 4.73. The lowest BCUT2D eigenvalue weighted by Gasteiger charge is -2.52. The topological polar surface area (TPSA) is 46.5 Å². The molecule has 4 fully saturated rings. The van der Waals surface area contributed by atoms with Crippen LogP contribution in [0.15, 0.2) is 5.18 Å². The van der Waals surface area contributed by atoms with Crippen LogP contribution < -0.4 is 0 Å². The minimum atomic E-state index is 0.00558. The SMILES string of the molecule is C[C@]12CCC3C4CCCC(N=O)CC4CCC3C1CCC2=O. The molecule has 0 aromatic rings. The summed E-state index contributed by atoms with van der Waals surface area (Å²) in [7, 11) is 0. The van der Waals surface area contributed by atoms with Crippen LogP contribution in [0.2, 0.25) is 0 Å². The monoisotopic (exact) mass is 303 g/mol. The molecule has 122 valence electrons. The van der Waals surface area contributed by atoms with Gasteiger partial charge in [0, 0.05) is 11.8 Å². The molecule has 4 rings (SSSR count). The molecular formula is C19H29NO2. The van der Waals surface area contributed by atoms with Crippen molar-refractivity contribution in [3.05, 3.63) is 4.91 Å². The molecule has 7 atom stereocenters. The van der Waals surface area contributed by atoms with Crippen molar-refractivity contribution in [2.45, 2.75) is 77.2 Å². The zero-order valence-electron chi connectivity index (χ0n) is 13.8. The number of nitrogens with zero attached hydrogens (tertiary/aromatic N) is 1. The fourth-order valence-corrected chi connectivity index (χ4v) is 6.90. The lowest BCUT2D eigenvalue weighted by Crippen LogP contribution is -2.47. The summed E-state index contributed by atoms with van der Waals surface area (Å²) in [5.41, 5.74) is 0.00558. The Morgan fingerprint density at radius 2 is 1.86 bits per heavy atom. The van der Waals surface area contributed by atoms with E-state index in [9.17, 15) is 9.70 Å². The van der Waals surface area contributed by atoms with E-state index < -0.39 is 0 Å². The number of hydrogen-bond donors (Lipinski definition) is 0. The van der Waals surface area contributed by atoms with E-state index in [0.29, 0.717) is 11.7 Å². The number of carbonyl (C=O) groups is 1. The first-order valence-corrected chi connectivity index (χ1v) is 9.49. The predicted molar refractivity (Wildman–Crippen MR) is 86.3 cm³/mol. The first-order chi connectivity index (χ1) is 10.6. The Kier molecular flexibility index (Phi) is 3.65. The number of fused-ring (bicyclic) bond motifs is 5. The van der Waals surface area contributed by atoms with Crippen LogP contribution in [0.25, 0.3) is 0 Å². The summed E-state index contributed by atoms with van der Waals surface area (Å²) in [5, 5.41) is 3.38. The molecule has 3 nitrogen and oxygen atoms in total. The Balaban J connectivity index is 1.56. The first-order valence-electron chi connectivity index (χ1n) is 9.49. The molecule has 0 bridgehead atoms. The number of nitroso groups, excluding NO2 is 1. The van der Waals surface area contributed by atoms with Crippen LogP contribution in [-0.2, 0) is 4.79 Å². The van der Waals surface area contributed by atoms with Gasteiger partial charge < -0.3 is 0 Å². The number of Topliss-reactive ketones (excluding diaryl/α,β-unsaturated/α-hetero) is 1. The van der Waals surface area contributed by atoms with Gasteiger partial charge in [0.1, 0.15) is 5.78 Å². The van der Waals surface area contributed by atoms with Crippen molar-refractivity contribution in [1.82, 2.24) is 0 Å². The van der Waals surface area contributed by atoms with Gasteiger partial charge in [-0.1, -0.05) is 18.5 Å². The van der Waals surface area contributed by atoms with Crippen LogP contribution in [0.4, 0.5) is 0 Å². The summed E-state index contributed by atoms with van der Waals surface area (Å²) in [4.78, 5) is 23.4. The van der Waals surface area contributed by atoms with E-state index in [4.69, 9.17) is 0 Å². The summed E-state index contributed by atoms with van der Waals surface area (Å²) >= 11 is 0. The fourth-order valence-electron chi connectivity index (χ4n) is 6.90. The summed E-state index contributed by atoms with van der Waals surface area (Å²) in [6.07, 6.45) is 11.5. The smallest absolute Gasteiger partial charge is 0.139 e. The van der Waals surface area contributed by atoms with Gasteiger partial charge in [-0.25, -0.2) is 0 Å². The highest BCUT2D eigenvalue weighted by Gasteiger charge is 2.56. The molecule has 4 saturated carbocycles. The van der Waals surface area contributed by atoms with Gasteiger partial charge in [-0.05, 0) is 81.0 Å². The zero-order valence-corrected chi connectivity index (χ0v) is 13.8. The molecule has 0 aliphatic heterocycles. The van der Waals surface area contributed by atoms with Gasteiger partial charge in [-0.15, -0.1) is 0 Å². The van der Waals surface area contributed by atoms with E-state index in [1.54, 1.807) is 0 Å². The van der Waals surface area contributed by atoms with E-state index in [1.165, 1.54) is 32.1 Å². The molecule has 22 heavy (non-hydrogen) atoms. The third kappa shape index (κ3) is 2.11. The second kappa shape index (κ2) is 5.42. The van der Waals surface area contributed by atoms with E-state index >= 15 is 0 Å². The second-order valence-electron chi connectivity index (χ2n) is 8.78. The van der Waals surface area contributed by atoms with Crippen molar-refractivity contribution in [2.24, 2.45) is 40.2 Å². The molecule has 0 radical (unpaired) electrons. The molecule has 0 amide bonds. The maximum Gasteiger partial charge on any atom is 0.139 e. The highest BCUT2D eigenvalue weighted by Crippen LogP contribution is 2.61. The number of rotatable bonds is 1. The molecule has 0 aromatic carbocycles. The van der Waals surface area contributed by atoms with E-state index in [2.05, 4.69) is 12.1 Å². The average Bonchev–Trinajstić information content (AvgIpc) is 2.72. The molecule has 0 N–H and O–H groups in total. The highest BCUT2D eigenvalue weighted by atomic mass is 16.3. The standard InChI is InChI=1S/C19H29NO2/c1-19-10-9-15-14-4-2-3-13(20-22)11-12(14)5-6-16(15)17(19)7-8-18(19)21/h12-17H,2-11H2,1H3/t12?,13?,14?,15?,16?,17?,19-/m0/s1. The lowest BCUT2D eigenvalue weighted by molar-refractivity contribution is -0.132. The molecule has 4 aliphatic carbocycles. The van der Waals surface area contributed by atoms with Crippen molar-refractivity contribution in [3.63, 3.8) is 0 Å². The molecular weight excluding hydrogens is 274 g/mol. The minimum absolute atomic E-state index is 0.00558. The average molecular weight is 303 g/mol. The zero-order chi connectivity index (χ0) is 15.3. The Morgan fingerprint density at radius 1 is 1.00 bits per heavy atom. The summed E-state index contributed by atoms with van der Waals surface area (Å²) in [6, 6.07) is 0.0773. The molecule has 0 spiro atoms. The van der Waals surface area contributed by atoms with Gasteiger partial charge in [0.2, 0.25) is 0 Å². The summed E-state index contributed by atoms with van der Waals surface area (Å²) in [6.45, 7) is 2.26. The van der Waals surface area contributed by atoms with Crippen LogP contribution in [0.5, 0.6) is 0 Å². The first kappa shape index (κ1) is 14.8. The summed E-state index contributed by atoms with van der Waals surface area (Å²) in [5.74, 6) is 4.35. The van der Waals surface area contributed by atoms with Gasteiger partial charge in [-0.3, -0.25) is 4.79 Å². The van der Waals surface area contributed by atoms with Crippen LogP contribution >= 0.6 is 0 Å². The normalized spacial score (nSPS) is 51.4. The Morgan fingerprint density at radius 3 is 2.68 bits per heavy atom. The Labute approximate surface area is 133 Å². The van der Waals surface area contributed by atoms with Crippen molar-refractivity contribution in [2.75, 3.05) is 0 Å². The maximum atomic E-state index is 12.4. The van der Waals surface area contributed by atoms with Crippen molar-refractivity contribution >= 4 is 5.78 Å². The van der Waals surface area contributed by atoms with Crippen molar-refractivity contribution in [1.29, 1.82) is 0 Å². The van der Waals surface area contributed by atoms with E-state index in [1.807, 2.05) is 0 Å². The Bertz CT molecular complexity index is 476. The molecule has 6 unspecified atom stereocenters. The van der Waals surface area contributed by atoms with Crippen molar-refractivity contribution in [3.8, 4) is 0 Å². The highest BCUT2D eigenvalue weighted by molar-refractivity contribution is 5.87. The van der Waals surface area contributed by atoms with Gasteiger partial charge in [-0.2, -0.15) is 4.91 Å². The number of carbonyl (C=O) groups excluding carboxylic acids is 1. The van der Waals surface area contributed by atoms with Crippen LogP contribution in [0, 0.1) is 39.9 Å². The van der Waals surface area contributed by atoms with E-state index in [-0.39, 0.29) is 11.5 Å². The van der Waals surface area contributed by atoms with Crippen LogP contribution in [0.1, 0.15) is 71.1 Å². The van der Waals surface area contributed by atoms with Gasteiger partial charge >= 0.3 is 0 Å². The van der Waals surface area contributed by atoms with E-state index in [0.717, 1.165) is 55.8 Å². The fraction of sp³-hybridized carbons (Fsp3) is 0.947. The largest absolute Gasteiger partial charge is 0.299 e. The van der Waals surface area contributed by atoms with Gasteiger partial charge in [0.05, 0.1) is 6.04 Å². The van der Waals surface area contributed by atoms with Gasteiger partial charge in [0.15, 0.2) is 0 Å². The Hall–Kier alpha value is -0.730. The number of ketones is 1. The quantitative estimate of drug-likeness (QED) is 0.657. The molecule has 0 heterocycles.